The molecule has 2 atom stereocenters. The Kier molecular flexibility index (Phi) is 5.81. The van der Waals surface area contributed by atoms with Gasteiger partial charge in [0.25, 0.3) is 0 Å². The van der Waals surface area contributed by atoms with Crippen molar-refractivity contribution < 1.29 is 9.84 Å². The van der Waals surface area contributed by atoms with E-state index in [2.05, 4.69) is 0 Å². The predicted molar refractivity (Wildman–Crippen MR) is 66.9 cm³/mol. The highest BCUT2D eigenvalue weighted by atomic mass is 35.5. The van der Waals surface area contributed by atoms with E-state index < -0.39 is 0 Å². The maximum absolute atomic E-state index is 9.86. The highest BCUT2D eigenvalue weighted by molar-refractivity contribution is 6.31. The molecule has 90 valence electrons. The van der Waals surface area contributed by atoms with Gasteiger partial charge < -0.3 is 9.84 Å². The van der Waals surface area contributed by atoms with Crippen molar-refractivity contribution >= 4 is 11.6 Å². The zero-order valence-electron chi connectivity index (χ0n) is 9.82. The van der Waals surface area contributed by atoms with E-state index in [4.69, 9.17) is 16.3 Å². The molecule has 1 rings (SSSR count). The number of methoxy groups -OCH3 is 1. The number of rotatable bonds is 6. The first-order valence-corrected chi connectivity index (χ1v) is 5.95. The molecule has 2 unspecified atom stereocenters. The molecule has 0 amide bonds. The number of aliphatic hydroxyl groups is 1. The molecule has 0 saturated carbocycles. The Bertz CT molecular complexity index is 315. The highest BCUT2D eigenvalue weighted by Gasteiger charge is 2.10. The maximum Gasteiger partial charge on any atom is 0.0582 e. The molecular weight excluding hydrogens is 224 g/mol. The van der Waals surface area contributed by atoms with E-state index in [1.165, 1.54) is 0 Å². The average Bonchev–Trinajstić information content (AvgIpc) is 2.29. The molecule has 2 nitrogen and oxygen atoms in total. The summed E-state index contributed by atoms with van der Waals surface area (Å²) in [6.45, 7) is 2.00. The monoisotopic (exact) mass is 242 g/mol. The molecule has 0 fully saturated rings. The standard InChI is InChI=1S/C13H19ClO2/c1-10(16-2)7-8-12(15)9-11-5-3-4-6-13(11)14/h3-6,10,12,15H,7-9H2,1-2H3. The second kappa shape index (κ2) is 6.89. The van der Waals surface area contributed by atoms with Gasteiger partial charge in [-0.25, -0.2) is 0 Å². The topological polar surface area (TPSA) is 29.5 Å². The van der Waals surface area contributed by atoms with Gasteiger partial charge in [-0.05, 0) is 37.8 Å². The number of hydrogen-bond acceptors (Lipinski definition) is 2. The Labute approximate surface area is 102 Å². The van der Waals surface area contributed by atoms with Crippen LogP contribution in [0.15, 0.2) is 24.3 Å². The van der Waals surface area contributed by atoms with E-state index in [0.29, 0.717) is 6.42 Å². The zero-order chi connectivity index (χ0) is 12.0. The third-order valence-electron chi connectivity index (χ3n) is 2.72. The number of benzene rings is 1. The van der Waals surface area contributed by atoms with Crippen LogP contribution in [0.4, 0.5) is 0 Å². The van der Waals surface area contributed by atoms with Crippen LogP contribution < -0.4 is 0 Å². The van der Waals surface area contributed by atoms with E-state index in [1.54, 1.807) is 7.11 Å². The van der Waals surface area contributed by atoms with Crippen LogP contribution >= 0.6 is 11.6 Å². The smallest absolute Gasteiger partial charge is 0.0582 e. The number of aliphatic hydroxyl groups excluding tert-OH is 1. The fourth-order valence-electron chi connectivity index (χ4n) is 1.56. The first-order valence-electron chi connectivity index (χ1n) is 5.57. The lowest BCUT2D eigenvalue weighted by Gasteiger charge is -2.14. The highest BCUT2D eigenvalue weighted by Crippen LogP contribution is 2.18. The molecule has 0 bridgehead atoms. The Morgan fingerprint density at radius 2 is 2.00 bits per heavy atom. The molecular formula is C13H19ClO2. The van der Waals surface area contributed by atoms with Gasteiger partial charge in [0.1, 0.15) is 0 Å². The largest absolute Gasteiger partial charge is 0.393 e. The van der Waals surface area contributed by atoms with Gasteiger partial charge in [-0.15, -0.1) is 0 Å². The summed E-state index contributed by atoms with van der Waals surface area (Å²) in [5.74, 6) is 0. The van der Waals surface area contributed by atoms with Crippen molar-refractivity contribution in [1.29, 1.82) is 0 Å². The molecule has 3 heteroatoms. The van der Waals surface area contributed by atoms with Crippen molar-refractivity contribution in [3.8, 4) is 0 Å². The average molecular weight is 243 g/mol. The summed E-state index contributed by atoms with van der Waals surface area (Å²) in [6.07, 6.45) is 2.05. The lowest BCUT2D eigenvalue weighted by Crippen LogP contribution is -2.15. The van der Waals surface area contributed by atoms with Gasteiger partial charge in [0.15, 0.2) is 0 Å². The zero-order valence-corrected chi connectivity index (χ0v) is 10.6. The Balaban J connectivity index is 2.40. The van der Waals surface area contributed by atoms with Crippen molar-refractivity contribution in [2.45, 2.75) is 38.4 Å². The van der Waals surface area contributed by atoms with E-state index in [9.17, 15) is 5.11 Å². The fourth-order valence-corrected chi connectivity index (χ4v) is 1.78. The van der Waals surface area contributed by atoms with E-state index >= 15 is 0 Å². The second-order valence-electron chi connectivity index (χ2n) is 4.07. The third kappa shape index (κ3) is 4.52. The number of halogens is 1. The molecule has 1 N–H and O–H groups in total. The van der Waals surface area contributed by atoms with Crippen molar-refractivity contribution in [3.63, 3.8) is 0 Å². The Hall–Kier alpha value is -0.570. The third-order valence-corrected chi connectivity index (χ3v) is 3.09. The quantitative estimate of drug-likeness (QED) is 0.831. The van der Waals surface area contributed by atoms with Crippen LogP contribution in [0.3, 0.4) is 0 Å². The van der Waals surface area contributed by atoms with Gasteiger partial charge in [-0.1, -0.05) is 29.8 Å². The lowest BCUT2D eigenvalue weighted by molar-refractivity contribution is 0.0851. The van der Waals surface area contributed by atoms with Crippen LogP contribution in [0.1, 0.15) is 25.3 Å². The minimum atomic E-state index is -0.350. The molecule has 0 aliphatic rings. The fraction of sp³-hybridized carbons (Fsp3) is 0.538. The molecule has 0 aliphatic carbocycles. The molecule has 0 spiro atoms. The van der Waals surface area contributed by atoms with Crippen LogP contribution in [-0.2, 0) is 11.2 Å². The minimum absolute atomic E-state index is 0.195. The molecule has 0 saturated heterocycles. The summed E-state index contributed by atoms with van der Waals surface area (Å²) in [5, 5.41) is 10.6. The van der Waals surface area contributed by atoms with Crippen molar-refractivity contribution in [1.82, 2.24) is 0 Å². The van der Waals surface area contributed by atoms with Gasteiger partial charge in [0.05, 0.1) is 12.2 Å². The Morgan fingerprint density at radius 1 is 1.31 bits per heavy atom. The normalized spacial score (nSPS) is 14.8. The van der Waals surface area contributed by atoms with Crippen molar-refractivity contribution in [2.24, 2.45) is 0 Å². The minimum Gasteiger partial charge on any atom is -0.393 e. The van der Waals surface area contributed by atoms with Gasteiger partial charge in [-0.3, -0.25) is 0 Å². The number of ether oxygens (including phenoxy) is 1. The van der Waals surface area contributed by atoms with Crippen LogP contribution in [0, 0.1) is 0 Å². The van der Waals surface area contributed by atoms with Gasteiger partial charge in [0, 0.05) is 12.1 Å². The van der Waals surface area contributed by atoms with Crippen LogP contribution in [0.5, 0.6) is 0 Å². The first-order chi connectivity index (χ1) is 7.63. The molecule has 1 aromatic rings. The number of hydrogen-bond donors (Lipinski definition) is 1. The van der Waals surface area contributed by atoms with Crippen molar-refractivity contribution in [3.05, 3.63) is 34.9 Å². The molecule has 16 heavy (non-hydrogen) atoms. The molecule has 0 radical (unpaired) electrons. The first kappa shape index (κ1) is 13.5. The summed E-state index contributed by atoms with van der Waals surface area (Å²) in [7, 11) is 1.69. The van der Waals surface area contributed by atoms with E-state index in [1.807, 2.05) is 31.2 Å². The van der Waals surface area contributed by atoms with Crippen LogP contribution in [0.2, 0.25) is 5.02 Å². The van der Waals surface area contributed by atoms with E-state index in [-0.39, 0.29) is 12.2 Å². The molecule has 0 heterocycles. The summed E-state index contributed by atoms with van der Waals surface area (Å²) >= 11 is 6.02. The predicted octanol–water partition coefficient (Wildman–Crippen LogP) is 3.06. The van der Waals surface area contributed by atoms with Crippen LogP contribution in [0.25, 0.3) is 0 Å². The summed E-state index contributed by atoms with van der Waals surface area (Å²) in [5.41, 5.74) is 1.00. The van der Waals surface area contributed by atoms with Crippen LogP contribution in [-0.4, -0.2) is 24.4 Å². The summed E-state index contributed by atoms with van der Waals surface area (Å²) in [6, 6.07) is 7.63. The van der Waals surface area contributed by atoms with E-state index in [0.717, 1.165) is 23.4 Å². The SMILES string of the molecule is COC(C)CCC(O)Cc1ccccc1Cl. The maximum atomic E-state index is 9.86. The van der Waals surface area contributed by atoms with Crippen molar-refractivity contribution in [2.75, 3.05) is 7.11 Å². The van der Waals surface area contributed by atoms with Gasteiger partial charge in [-0.2, -0.15) is 0 Å². The summed E-state index contributed by atoms with van der Waals surface area (Å²) in [4.78, 5) is 0. The second-order valence-corrected chi connectivity index (χ2v) is 4.48. The van der Waals surface area contributed by atoms with Gasteiger partial charge in [0.2, 0.25) is 0 Å². The summed E-state index contributed by atoms with van der Waals surface area (Å²) < 4.78 is 5.14. The molecule has 1 aromatic carbocycles. The van der Waals surface area contributed by atoms with Gasteiger partial charge >= 0.3 is 0 Å². The molecule has 0 aromatic heterocycles. The molecule has 0 aliphatic heterocycles. The Morgan fingerprint density at radius 3 is 2.62 bits per heavy atom. The lowest BCUT2D eigenvalue weighted by atomic mass is 10.0.